The molecule has 2 amide bonds. The van der Waals surface area contributed by atoms with Crippen LogP contribution in [-0.4, -0.2) is 67.4 Å². The maximum absolute atomic E-state index is 12.8. The van der Waals surface area contributed by atoms with E-state index in [0.29, 0.717) is 12.1 Å². The number of hydrogen-bond donors (Lipinski definition) is 2. The fourth-order valence-corrected chi connectivity index (χ4v) is 3.58. The molecule has 1 unspecified atom stereocenters. The number of nitrogens with one attached hydrogen (secondary N) is 2. The summed E-state index contributed by atoms with van der Waals surface area (Å²) in [5.41, 5.74) is -0.332. The third kappa shape index (κ3) is 5.45. The third-order valence-corrected chi connectivity index (χ3v) is 5.15. The van der Waals surface area contributed by atoms with Gasteiger partial charge in [-0.15, -0.1) is 0 Å². The van der Waals surface area contributed by atoms with Crippen LogP contribution in [0, 0.1) is 5.92 Å². The number of halogens is 3. The van der Waals surface area contributed by atoms with Gasteiger partial charge in [0.15, 0.2) is 0 Å². The number of alkyl halides is 3. The summed E-state index contributed by atoms with van der Waals surface area (Å²) >= 11 is 0. The van der Waals surface area contributed by atoms with Crippen molar-refractivity contribution in [1.82, 2.24) is 20.4 Å². The topological polar surface area (TPSA) is 64.7 Å². The monoisotopic (exact) mass is 398 g/mol. The molecule has 2 aliphatic heterocycles. The van der Waals surface area contributed by atoms with E-state index in [-0.39, 0.29) is 31.3 Å². The smallest absolute Gasteiger partial charge is 0.355 e. The minimum Gasteiger partial charge on any atom is -0.355 e. The molecular formula is C19H25F3N4O2. The number of nitrogens with zero attached hydrogens (tertiary/aromatic N) is 2. The van der Waals surface area contributed by atoms with Crippen molar-refractivity contribution in [3.8, 4) is 0 Å². The molecule has 1 atom stereocenters. The zero-order valence-corrected chi connectivity index (χ0v) is 15.6. The maximum atomic E-state index is 12.8. The van der Waals surface area contributed by atoms with Crippen LogP contribution in [0.4, 0.5) is 13.2 Å². The van der Waals surface area contributed by atoms with E-state index >= 15 is 0 Å². The Morgan fingerprint density at radius 1 is 1.25 bits per heavy atom. The Labute approximate surface area is 162 Å². The molecule has 9 heteroatoms. The largest absolute Gasteiger partial charge is 0.416 e. The van der Waals surface area contributed by atoms with Crippen LogP contribution in [0.5, 0.6) is 0 Å². The van der Waals surface area contributed by atoms with Gasteiger partial charge in [-0.3, -0.25) is 14.5 Å². The highest BCUT2D eigenvalue weighted by Gasteiger charge is 2.35. The highest BCUT2D eigenvalue weighted by atomic mass is 19.4. The molecule has 0 spiro atoms. The van der Waals surface area contributed by atoms with E-state index in [2.05, 4.69) is 15.5 Å². The standard InChI is InChI=1S/C19H25F3N4O2/c20-19(21,22)16-3-1-2-14(10-16)12-26-13-15(11-17(26)27)18(28)24-6-9-25-7-4-23-5-8-25/h1-3,10,15,23H,4-9,11-13H2,(H,24,28). The van der Waals surface area contributed by atoms with Crippen LogP contribution in [0.2, 0.25) is 0 Å². The minimum atomic E-state index is -4.42. The van der Waals surface area contributed by atoms with Gasteiger partial charge >= 0.3 is 6.18 Å². The minimum absolute atomic E-state index is 0.0767. The summed E-state index contributed by atoms with van der Waals surface area (Å²) in [6.45, 7) is 5.37. The average Bonchev–Trinajstić information content (AvgIpc) is 3.03. The van der Waals surface area contributed by atoms with Crippen molar-refractivity contribution < 1.29 is 22.8 Å². The summed E-state index contributed by atoms with van der Waals surface area (Å²) < 4.78 is 38.5. The van der Waals surface area contributed by atoms with E-state index in [1.54, 1.807) is 6.07 Å². The first-order chi connectivity index (χ1) is 13.3. The van der Waals surface area contributed by atoms with Gasteiger partial charge in [-0.05, 0) is 17.7 Å². The second kappa shape index (κ2) is 8.91. The molecule has 6 nitrogen and oxygen atoms in total. The Morgan fingerprint density at radius 3 is 2.71 bits per heavy atom. The Bertz CT molecular complexity index is 705. The summed E-state index contributed by atoms with van der Waals surface area (Å²) in [7, 11) is 0. The molecule has 2 saturated heterocycles. The first-order valence-electron chi connectivity index (χ1n) is 9.47. The molecule has 1 aromatic carbocycles. The second-order valence-electron chi connectivity index (χ2n) is 7.26. The van der Waals surface area contributed by atoms with E-state index in [0.717, 1.165) is 44.9 Å². The molecule has 2 fully saturated rings. The van der Waals surface area contributed by atoms with Crippen LogP contribution in [0.25, 0.3) is 0 Å². The molecule has 28 heavy (non-hydrogen) atoms. The van der Waals surface area contributed by atoms with E-state index < -0.39 is 17.7 Å². The fourth-order valence-electron chi connectivity index (χ4n) is 3.58. The van der Waals surface area contributed by atoms with Crippen LogP contribution in [0.3, 0.4) is 0 Å². The fraction of sp³-hybridized carbons (Fsp3) is 0.579. The molecule has 0 saturated carbocycles. The van der Waals surface area contributed by atoms with Crippen molar-refractivity contribution in [3.63, 3.8) is 0 Å². The highest BCUT2D eigenvalue weighted by molar-refractivity contribution is 5.89. The first-order valence-corrected chi connectivity index (χ1v) is 9.47. The van der Waals surface area contributed by atoms with E-state index in [1.807, 2.05) is 0 Å². The number of carbonyl (C=O) groups is 2. The number of piperazine rings is 1. The molecule has 0 radical (unpaired) electrons. The SMILES string of the molecule is O=C(NCCN1CCNCC1)C1CC(=O)N(Cc2cccc(C(F)(F)F)c2)C1. The van der Waals surface area contributed by atoms with Crippen molar-refractivity contribution in [3.05, 3.63) is 35.4 Å². The van der Waals surface area contributed by atoms with Crippen molar-refractivity contribution in [2.45, 2.75) is 19.1 Å². The zero-order valence-electron chi connectivity index (χ0n) is 15.6. The molecule has 2 heterocycles. The summed E-state index contributed by atoms with van der Waals surface area (Å²) in [5, 5.41) is 6.14. The highest BCUT2D eigenvalue weighted by Crippen LogP contribution is 2.30. The zero-order chi connectivity index (χ0) is 20.1. The lowest BCUT2D eigenvalue weighted by molar-refractivity contribution is -0.137. The predicted octanol–water partition coefficient (Wildman–Crippen LogP) is 1.08. The Hall–Kier alpha value is -2.13. The number of benzene rings is 1. The van der Waals surface area contributed by atoms with E-state index in [9.17, 15) is 22.8 Å². The molecule has 2 aliphatic rings. The predicted molar refractivity (Wildman–Crippen MR) is 97.3 cm³/mol. The third-order valence-electron chi connectivity index (χ3n) is 5.15. The number of hydrogen-bond acceptors (Lipinski definition) is 4. The summed E-state index contributed by atoms with van der Waals surface area (Å²) in [4.78, 5) is 28.3. The lowest BCUT2D eigenvalue weighted by Gasteiger charge is -2.27. The quantitative estimate of drug-likeness (QED) is 0.753. The molecule has 1 aromatic rings. The number of amides is 2. The van der Waals surface area contributed by atoms with Gasteiger partial charge < -0.3 is 15.5 Å². The Kier molecular flexibility index (Phi) is 6.56. The number of rotatable bonds is 6. The molecule has 3 rings (SSSR count). The van der Waals surface area contributed by atoms with Gasteiger partial charge in [-0.1, -0.05) is 12.1 Å². The van der Waals surface area contributed by atoms with Crippen LogP contribution in [0.15, 0.2) is 24.3 Å². The summed E-state index contributed by atoms with van der Waals surface area (Å²) in [5.74, 6) is -0.837. The number of carbonyl (C=O) groups excluding carboxylic acids is 2. The van der Waals surface area contributed by atoms with Gasteiger partial charge in [0.2, 0.25) is 11.8 Å². The lowest BCUT2D eigenvalue weighted by Crippen LogP contribution is -2.46. The normalized spacial score (nSPS) is 21.2. The number of likely N-dealkylation sites (tertiary alicyclic amines) is 1. The first kappa shape index (κ1) is 20.6. The summed E-state index contributed by atoms with van der Waals surface area (Å²) in [6, 6.07) is 4.94. The van der Waals surface area contributed by atoms with Crippen LogP contribution in [-0.2, 0) is 22.3 Å². The van der Waals surface area contributed by atoms with Gasteiger partial charge in [0, 0.05) is 58.8 Å². The maximum Gasteiger partial charge on any atom is 0.416 e. The van der Waals surface area contributed by atoms with Gasteiger partial charge in [0.05, 0.1) is 11.5 Å². The van der Waals surface area contributed by atoms with Gasteiger partial charge in [0.25, 0.3) is 0 Å². The van der Waals surface area contributed by atoms with Crippen molar-refractivity contribution >= 4 is 11.8 Å². The van der Waals surface area contributed by atoms with Crippen LogP contribution < -0.4 is 10.6 Å². The van der Waals surface area contributed by atoms with Crippen LogP contribution >= 0.6 is 0 Å². The molecule has 0 aliphatic carbocycles. The second-order valence-corrected chi connectivity index (χ2v) is 7.26. The summed E-state index contributed by atoms with van der Waals surface area (Å²) in [6.07, 6.45) is -4.32. The molecule has 2 N–H and O–H groups in total. The lowest BCUT2D eigenvalue weighted by atomic mass is 10.1. The van der Waals surface area contributed by atoms with Crippen molar-refractivity contribution in [1.29, 1.82) is 0 Å². The molecule has 0 bridgehead atoms. The average molecular weight is 398 g/mol. The van der Waals surface area contributed by atoms with Gasteiger partial charge in [-0.25, -0.2) is 0 Å². The molecule has 0 aromatic heterocycles. The molecular weight excluding hydrogens is 373 g/mol. The Balaban J connectivity index is 1.48. The van der Waals surface area contributed by atoms with E-state index in [1.165, 1.54) is 11.0 Å². The van der Waals surface area contributed by atoms with Crippen molar-refractivity contribution in [2.75, 3.05) is 45.8 Å². The van der Waals surface area contributed by atoms with E-state index in [4.69, 9.17) is 0 Å². The Morgan fingerprint density at radius 2 is 2.00 bits per heavy atom. The molecule has 154 valence electrons. The van der Waals surface area contributed by atoms with Crippen molar-refractivity contribution in [2.24, 2.45) is 5.92 Å². The van der Waals surface area contributed by atoms with Crippen LogP contribution in [0.1, 0.15) is 17.5 Å². The van der Waals surface area contributed by atoms with Gasteiger partial charge in [0.1, 0.15) is 0 Å². The van der Waals surface area contributed by atoms with Gasteiger partial charge in [-0.2, -0.15) is 13.2 Å².